The summed E-state index contributed by atoms with van der Waals surface area (Å²) in [6.45, 7) is 2.84. The number of nitrogens with one attached hydrogen (secondary N) is 1. The fraction of sp³-hybridized carbons (Fsp3) is 0.500. The molecule has 0 spiro atoms. The number of halogens is 1. The van der Waals surface area contributed by atoms with Crippen molar-refractivity contribution in [1.82, 2.24) is 9.80 Å². The third-order valence-electron chi connectivity index (χ3n) is 3.44. The van der Waals surface area contributed by atoms with Crippen LogP contribution in [0.25, 0.3) is 0 Å². The van der Waals surface area contributed by atoms with E-state index in [9.17, 15) is 9.59 Å². The van der Waals surface area contributed by atoms with Crippen LogP contribution < -0.4 is 5.32 Å². The molecular formula is C16H24ClN3O3. The lowest BCUT2D eigenvalue weighted by Crippen LogP contribution is -2.48. The number of carbonyl (C=O) groups is 2. The minimum Gasteiger partial charge on any atom is -0.383 e. The van der Waals surface area contributed by atoms with Gasteiger partial charge >= 0.3 is 0 Å². The van der Waals surface area contributed by atoms with Crippen molar-refractivity contribution in [1.29, 1.82) is 0 Å². The average Bonchev–Trinajstić information content (AvgIpc) is 2.50. The Morgan fingerprint density at radius 3 is 2.61 bits per heavy atom. The number of benzene rings is 1. The van der Waals surface area contributed by atoms with Gasteiger partial charge in [-0.05, 0) is 25.1 Å². The Morgan fingerprint density at radius 2 is 2.04 bits per heavy atom. The Labute approximate surface area is 142 Å². The zero-order valence-corrected chi connectivity index (χ0v) is 14.8. The molecule has 0 saturated carbocycles. The molecule has 2 amide bonds. The molecule has 7 heteroatoms. The van der Waals surface area contributed by atoms with Crippen LogP contribution in [0.4, 0.5) is 5.69 Å². The molecular weight excluding hydrogens is 318 g/mol. The molecule has 0 radical (unpaired) electrons. The number of carbonyl (C=O) groups excluding carboxylic acids is 2. The summed E-state index contributed by atoms with van der Waals surface area (Å²) in [4.78, 5) is 27.6. The molecule has 0 bridgehead atoms. The molecule has 0 heterocycles. The number of nitrogens with zero attached hydrogens (tertiary/aromatic N) is 2. The van der Waals surface area contributed by atoms with Crippen LogP contribution in [0.3, 0.4) is 0 Å². The Bertz CT molecular complexity index is 537. The first-order valence-electron chi connectivity index (χ1n) is 7.34. The molecule has 1 N–H and O–H groups in total. The highest BCUT2D eigenvalue weighted by molar-refractivity contribution is 6.30. The van der Waals surface area contributed by atoms with Crippen molar-refractivity contribution in [3.05, 3.63) is 29.3 Å². The minimum atomic E-state index is -0.479. The van der Waals surface area contributed by atoms with Crippen molar-refractivity contribution in [2.75, 3.05) is 46.2 Å². The Kier molecular flexibility index (Phi) is 8.02. The van der Waals surface area contributed by atoms with E-state index in [1.54, 1.807) is 57.3 Å². The van der Waals surface area contributed by atoms with E-state index in [4.69, 9.17) is 16.3 Å². The van der Waals surface area contributed by atoms with E-state index in [2.05, 4.69) is 5.32 Å². The van der Waals surface area contributed by atoms with Gasteiger partial charge in [0.05, 0.1) is 19.2 Å². The van der Waals surface area contributed by atoms with Crippen LogP contribution in [0.15, 0.2) is 24.3 Å². The highest BCUT2D eigenvalue weighted by Gasteiger charge is 2.24. The highest BCUT2D eigenvalue weighted by atomic mass is 35.5. The number of rotatable bonds is 8. The average molecular weight is 342 g/mol. The van der Waals surface area contributed by atoms with E-state index < -0.39 is 6.04 Å². The maximum Gasteiger partial charge on any atom is 0.241 e. The van der Waals surface area contributed by atoms with Gasteiger partial charge in [0.1, 0.15) is 0 Å². The Balaban J connectivity index is 2.75. The first-order chi connectivity index (χ1) is 10.8. The highest BCUT2D eigenvalue weighted by Crippen LogP contribution is 2.15. The van der Waals surface area contributed by atoms with E-state index in [0.717, 1.165) is 0 Å². The van der Waals surface area contributed by atoms with Crippen molar-refractivity contribution in [2.24, 2.45) is 0 Å². The third-order valence-corrected chi connectivity index (χ3v) is 3.67. The lowest BCUT2D eigenvalue weighted by molar-refractivity contribution is -0.131. The van der Waals surface area contributed by atoms with Crippen LogP contribution in [0.5, 0.6) is 0 Å². The molecule has 0 aliphatic rings. The maximum absolute atomic E-state index is 12.4. The fourth-order valence-corrected chi connectivity index (χ4v) is 2.10. The van der Waals surface area contributed by atoms with Gasteiger partial charge in [-0.25, -0.2) is 0 Å². The van der Waals surface area contributed by atoms with Crippen LogP contribution in [0.1, 0.15) is 6.92 Å². The first kappa shape index (κ1) is 19.4. The number of hydrogen-bond acceptors (Lipinski definition) is 4. The van der Waals surface area contributed by atoms with Gasteiger partial charge in [0.25, 0.3) is 0 Å². The normalized spacial score (nSPS) is 12.1. The van der Waals surface area contributed by atoms with Gasteiger partial charge in [-0.1, -0.05) is 17.7 Å². The summed E-state index contributed by atoms with van der Waals surface area (Å²) in [5, 5.41) is 3.36. The van der Waals surface area contributed by atoms with E-state index in [-0.39, 0.29) is 18.4 Å². The van der Waals surface area contributed by atoms with Gasteiger partial charge in [0.2, 0.25) is 11.8 Å². The molecule has 1 atom stereocenters. The number of methoxy groups -OCH3 is 1. The third kappa shape index (κ3) is 6.56. The summed E-state index contributed by atoms with van der Waals surface area (Å²) >= 11 is 5.91. The predicted octanol–water partition coefficient (Wildman–Crippen LogP) is 1.70. The van der Waals surface area contributed by atoms with E-state index in [1.807, 2.05) is 0 Å². The zero-order chi connectivity index (χ0) is 17.4. The Morgan fingerprint density at radius 1 is 1.35 bits per heavy atom. The summed E-state index contributed by atoms with van der Waals surface area (Å²) in [5.41, 5.74) is 0.625. The second-order valence-electron chi connectivity index (χ2n) is 5.43. The van der Waals surface area contributed by atoms with Gasteiger partial charge in [0, 0.05) is 38.5 Å². The lowest BCUT2D eigenvalue weighted by Gasteiger charge is -2.28. The second kappa shape index (κ2) is 9.50. The monoisotopic (exact) mass is 341 g/mol. The fourth-order valence-electron chi connectivity index (χ4n) is 1.91. The van der Waals surface area contributed by atoms with Gasteiger partial charge in [-0.15, -0.1) is 0 Å². The van der Waals surface area contributed by atoms with Crippen LogP contribution in [-0.4, -0.2) is 68.6 Å². The van der Waals surface area contributed by atoms with Crippen LogP contribution in [-0.2, 0) is 14.3 Å². The zero-order valence-electron chi connectivity index (χ0n) is 14.0. The van der Waals surface area contributed by atoms with Crippen molar-refractivity contribution in [3.8, 4) is 0 Å². The predicted molar refractivity (Wildman–Crippen MR) is 91.7 cm³/mol. The summed E-state index contributed by atoms with van der Waals surface area (Å²) in [6, 6.07) is 6.47. The Hall–Kier alpha value is -1.63. The van der Waals surface area contributed by atoms with Gasteiger partial charge < -0.3 is 15.0 Å². The van der Waals surface area contributed by atoms with Crippen molar-refractivity contribution < 1.29 is 14.3 Å². The van der Waals surface area contributed by atoms with Crippen molar-refractivity contribution in [2.45, 2.75) is 13.0 Å². The molecule has 1 aromatic rings. The van der Waals surface area contributed by atoms with Crippen molar-refractivity contribution >= 4 is 29.1 Å². The van der Waals surface area contributed by atoms with E-state index in [0.29, 0.717) is 23.9 Å². The molecule has 128 valence electrons. The molecule has 0 aromatic heterocycles. The SMILES string of the molecule is COCCN(CC(=O)N(C)C)C(C)C(=O)Nc1cccc(Cl)c1. The second-order valence-corrected chi connectivity index (χ2v) is 5.86. The maximum atomic E-state index is 12.4. The summed E-state index contributed by atoms with van der Waals surface area (Å²) in [5.74, 6) is -0.265. The number of ether oxygens (including phenoxy) is 1. The summed E-state index contributed by atoms with van der Waals surface area (Å²) < 4.78 is 5.06. The molecule has 6 nitrogen and oxygen atoms in total. The number of hydrogen-bond donors (Lipinski definition) is 1. The molecule has 0 fully saturated rings. The van der Waals surface area contributed by atoms with Crippen LogP contribution in [0.2, 0.25) is 5.02 Å². The van der Waals surface area contributed by atoms with Crippen LogP contribution >= 0.6 is 11.6 Å². The summed E-state index contributed by atoms with van der Waals surface area (Å²) in [7, 11) is 4.96. The van der Waals surface area contributed by atoms with E-state index in [1.165, 1.54) is 4.90 Å². The quantitative estimate of drug-likeness (QED) is 0.782. The smallest absolute Gasteiger partial charge is 0.241 e. The van der Waals surface area contributed by atoms with E-state index >= 15 is 0 Å². The van der Waals surface area contributed by atoms with Crippen molar-refractivity contribution in [3.63, 3.8) is 0 Å². The topological polar surface area (TPSA) is 61.9 Å². The number of likely N-dealkylation sites (N-methyl/N-ethyl adjacent to an activating group) is 1. The largest absolute Gasteiger partial charge is 0.383 e. The summed E-state index contributed by atoms with van der Waals surface area (Å²) in [6.07, 6.45) is 0. The molecule has 0 aliphatic carbocycles. The van der Waals surface area contributed by atoms with Gasteiger partial charge in [-0.3, -0.25) is 14.5 Å². The minimum absolute atomic E-state index is 0.0662. The number of anilines is 1. The molecule has 1 unspecified atom stereocenters. The molecule has 0 aliphatic heterocycles. The molecule has 1 aromatic carbocycles. The number of amides is 2. The van der Waals surface area contributed by atoms with Gasteiger partial charge in [0.15, 0.2) is 0 Å². The lowest BCUT2D eigenvalue weighted by atomic mass is 10.2. The molecule has 1 rings (SSSR count). The molecule has 0 saturated heterocycles. The van der Waals surface area contributed by atoms with Crippen LogP contribution in [0, 0.1) is 0 Å². The van der Waals surface area contributed by atoms with Gasteiger partial charge in [-0.2, -0.15) is 0 Å². The molecule has 23 heavy (non-hydrogen) atoms. The first-order valence-corrected chi connectivity index (χ1v) is 7.72. The standard InChI is InChI=1S/C16H24ClN3O3/c1-12(16(22)18-14-7-5-6-13(17)10-14)20(8-9-23-4)11-15(21)19(2)3/h5-7,10,12H,8-9,11H2,1-4H3,(H,18,22).